The van der Waals surface area contributed by atoms with Crippen molar-refractivity contribution in [3.05, 3.63) is 30.4 Å². The minimum atomic E-state index is -0.502. The normalized spacial score (nSPS) is 16.6. The fourth-order valence-electron chi connectivity index (χ4n) is 3.30. The van der Waals surface area contributed by atoms with Crippen molar-refractivity contribution in [3.63, 3.8) is 0 Å². The van der Waals surface area contributed by atoms with Gasteiger partial charge in [-0.3, -0.25) is 9.78 Å². The lowest BCUT2D eigenvalue weighted by molar-refractivity contribution is 0.0487. The van der Waals surface area contributed by atoms with Crippen LogP contribution in [0, 0.1) is 0 Å². The van der Waals surface area contributed by atoms with Crippen LogP contribution in [0.4, 0.5) is 4.79 Å². The van der Waals surface area contributed by atoms with Crippen LogP contribution in [0.3, 0.4) is 0 Å². The molecule has 8 heteroatoms. The van der Waals surface area contributed by atoms with Crippen LogP contribution in [0.15, 0.2) is 24.8 Å². The number of alkyl carbamates (subject to hydrolysis) is 1. The number of carbonyl (C=O) groups is 2. The number of hydrogen-bond donors (Lipinski definition) is 1. The predicted octanol–water partition coefficient (Wildman–Crippen LogP) is 2.64. The molecule has 8 nitrogen and oxygen atoms in total. The standard InChI is InChI=1S/C19H27N5O3/c1-19(2,3)27-18(26)22-14-6-4-9-23(10-5-7-14)17(25)15-12-21-24-11-8-20-13-16(15)24/h8,11-14H,4-7,9-10H2,1-3H3,(H,22,26). The highest BCUT2D eigenvalue weighted by Crippen LogP contribution is 2.17. The van der Waals surface area contributed by atoms with E-state index < -0.39 is 5.60 Å². The van der Waals surface area contributed by atoms with Gasteiger partial charge in [0.25, 0.3) is 5.91 Å². The molecule has 27 heavy (non-hydrogen) atoms. The number of amides is 2. The first kappa shape index (κ1) is 19.1. The van der Waals surface area contributed by atoms with Gasteiger partial charge < -0.3 is 15.0 Å². The molecule has 3 heterocycles. The Hall–Kier alpha value is -2.64. The molecule has 1 fully saturated rings. The van der Waals surface area contributed by atoms with Crippen LogP contribution < -0.4 is 5.32 Å². The molecule has 1 saturated heterocycles. The Morgan fingerprint density at radius 3 is 2.56 bits per heavy atom. The average Bonchev–Trinajstić information content (AvgIpc) is 2.99. The Kier molecular flexibility index (Phi) is 5.62. The Labute approximate surface area is 158 Å². The second-order valence-electron chi connectivity index (χ2n) is 7.88. The summed E-state index contributed by atoms with van der Waals surface area (Å²) in [5.41, 5.74) is 0.791. The fraction of sp³-hybridized carbons (Fsp3) is 0.579. The van der Waals surface area contributed by atoms with Gasteiger partial charge >= 0.3 is 6.09 Å². The summed E-state index contributed by atoms with van der Waals surface area (Å²) >= 11 is 0. The van der Waals surface area contributed by atoms with Crippen molar-refractivity contribution < 1.29 is 14.3 Å². The van der Waals surface area contributed by atoms with E-state index in [1.807, 2.05) is 25.7 Å². The van der Waals surface area contributed by atoms with Crippen molar-refractivity contribution in [3.8, 4) is 0 Å². The SMILES string of the molecule is CC(C)(C)OC(=O)NC1CCCN(C(=O)c2cnn3ccncc23)CCC1. The van der Waals surface area contributed by atoms with E-state index in [1.165, 1.54) is 0 Å². The second-order valence-corrected chi connectivity index (χ2v) is 7.88. The van der Waals surface area contributed by atoms with Crippen LogP contribution >= 0.6 is 0 Å². The van der Waals surface area contributed by atoms with Gasteiger partial charge in [-0.05, 0) is 46.5 Å². The number of aromatic nitrogens is 3. The van der Waals surface area contributed by atoms with Gasteiger partial charge in [-0.2, -0.15) is 5.10 Å². The maximum Gasteiger partial charge on any atom is 0.407 e. The van der Waals surface area contributed by atoms with E-state index >= 15 is 0 Å². The molecule has 0 aliphatic carbocycles. The molecule has 0 aromatic carbocycles. The lowest BCUT2D eigenvalue weighted by Crippen LogP contribution is -2.42. The van der Waals surface area contributed by atoms with E-state index in [2.05, 4.69) is 15.4 Å². The number of ether oxygens (including phenoxy) is 1. The minimum absolute atomic E-state index is 0.0171. The van der Waals surface area contributed by atoms with E-state index in [9.17, 15) is 9.59 Å². The maximum absolute atomic E-state index is 12.9. The summed E-state index contributed by atoms with van der Waals surface area (Å²) in [5, 5.41) is 7.17. The molecule has 1 aliphatic heterocycles. The minimum Gasteiger partial charge on any atom is -0.444 e. The molecule has 0 saturated carbocycles. The molecule has 1 N–H and O–H groups in total. The molecule has 146 valence electrons. The van der Waals surface area contributed by atoms with Gasteiger partial charge in [-0.1, -0.05) is 0 Å². The van der Waals surface area contributed by atoms with Crippen LogP contribution in [0.25, 0.3) is 5.52 Å². The van der Waals surface area contributed by atoms with E-state index in [0.717, 1.165) is 25.7 Å². The van der Waals surface area contributed by atoms with Crippen LogP contribution in [0.1, 0.15) is 56.8 Å². The third kappa shape index (κ3) is 4.96. The zero-order chi connectivity index (χ0) is 19.4. The van der Waals surface area contributed by atoms with Crippen molar-refractivity contribution in [1.82, 2.24) is 24.8 Å². The maximum atomic E-state index is 12.9. The van der Waals surface area contributed by atoms with Gasteiger partial charge in [0.1, 0.15) is 5.60 Å². The number of fused-ring (bicyclic) bond motifs is 1. The summed E-state index contributed by atoms with van der Waals surface area (Å²) in [6.07, 6.45) is 9.54. The summed E-state index contributed by atoms with van der Waals surface area (Å²) < 4.78 is 6.99. The molecule has 2 amide bonds. The highest BCUT2D eigenvalue weighted by atomic mass is 16.6. The summed E-state index contributed by atoms with van der Waals surface area (Å²) in [6.45, 7) is 6.87. The Morgan fingerprint density at radius 1 is 1.19 bits per heavy atom. The molecular weight excluding hydrogens is 346 g/mol. The third-order valence-electron chi connectivity index (χ3n) is 4.52. The fourth-order valence-corrected chi connectivity index (χ4v) is 3.30. The van der Waals surface area contributed by atoms with E-state index in [1.54, 1.807) is 29.3 Å². The first-order valence-corrected chi connectivity index (χ1v) is 9.39. The lowest BCUT2D eigenvalue weighted by Gasteiger charge is -2.29. The summed E-state index contributed by atoms with van der Waals surface area (Å²) in [5.74, 6) is -0.0171. The second kappa shape index (κ2) is 7.94. The first-order valence-electron chi connectivity index (χ1n) is 9.39. The van der Waals surface area contributed by atoms with Crippen molar-refractivity contribution in [1.29, 1.82) is 0 Å². The number of nitrogens with one attached hydrogen (secondary N) is 1. The molecule has 0 spiro atoms. The number of nitrogens with zero attached hydrogens (tertiary/aromatic N) is 4. The molecule has 3 rings (SSSR count). The van der Waals surface area contributed by atoms with Gasteiger partial charge in [-0.25, -0.2) is 9.31 Å². The monoisotopic (exact) mass is 373 g/mol. The van der Waals surface area contributed by atoms with Crippen LogP contribution in [-0.4, -0.2) is 56.2 Å². The van der Waals surface area contributed by atoms with Crippen molar-refractivity contribution in [2.75, 3.05) is 13.1 Å². The Bertz CT molecular complexity index is 801. The highest BCUT2D eigenvalue weighted by Gasteiger charge is 2.24. The molecule has 0 bridgehead atoms. The summed E-state index contributed by atoms with van der Waals surface area (Å²) in [7, 11) is 0. The largest absolute Gasteiger partial charge is 0.444 e. The number of hydrogen-bond acceptors (Lipinski definition) is 5. The Balaban J connectivity index is 1.56. The summed E-state index contributed by atoms with van der Waals surface area (Å²) in [4.78, 5) is 30.8. The van der Waals surface area contributed by atoms with Crippen LogP contribution in [0.5, 0.6) is 0 Å². The van der Waals surface area contributed by atoms with Gasteiger partial charge in [0.05, 0.1) is 23.5 Å². The summed E-state index contributed by atoms with van der Waals surface area (Å²) in [6, 6.07) is 0.0817. The number of carbonyl (C=O) groups excluding carboxylic acids is 2. The topological polar surface area (TPSA) is 88.8 Å². The number of likely N-dealkylation sites (tertiary alicyclic amines) is 1. The predicted molar refractivity (Wildman–Crippen MR) is 101 cm³/mol. The quantitative estimate of drug-likeness (QED) is 0.874. The molecule has 2 aromatic rings. The Morgan fingerprint density at radius 2 is 1.89 bits per heavy atom. The smallest absolute Gasteiger partial charge is 0.407 e. The van der Waals surface area contributed by atoms with Gasteiger partial charge in [0, 0.05) is 31.5 Å². The molecule has 1 aliphatic rings. The zero-order valence-corrected chi connectivity index (χ0v) is 16.1. The molecule has 0 radical (unpaired) electrons. The van der Waals surface area contributed by atoms with Gasteiger partial charge in [0.15, 0.2) is 0 Å². The third-order valence-corrected chi connectivity index (χ3v) is 4.52. The highest BCUT2D eigenvalue weighted by molar-refractivity contribution is 6.00. The van der Waals surface area contributed by atoms with Crippen LogP contribution in [-0.2, 0) is 4.74 Å². The van der Waals surface area contributed by atoms with Crippen molar-refractivity contribution >= 4 is 17.5 Å². The van der Waals surface area contributed by atoms with Gasteiger partial charge in [-0.15, -0.1) is 0 Å². The van der Waals surface area contributed by atoms with Crippen molar-refractivity contribution in [2.45, 2.75) is 58.1 Å². The average molecular weight is 373 g/mol. The molecular formula is C19H27N5O3. The molecule has 0 atom stereocenters. The van der Waals surface area contributed by atoms with Gasteiger partial charge in [0.2, 0.25) is 0 Å². The zero-order valence-electron chi connectivity index (χ0n) is 16.1. The molecule has 0 unspecified atom stereocenters. The van der Waals surface area contributed by atoms with Crippen LogP contribution in [0.2, 0.25) is 0 Å². The molecule has 2 aromatic heterocycles. The number of rotatable bonds is 2. The van der Waals surface area contributed by atoms with E-state index in [0.29, 0.717) is 24.2 Å². The van der Waals surface area contributed by atoms with Crippen molar-refractivity contribution in [2.24, 2.45) is 0 Å². The van der Waals surface area contributed by atoms with E-state index in [4.69, 9.17) is 4.74 Å². The first-order chi connectivity index (χ1) is 12.8. The lowest BCUT2D eigenvalue weighted by atomic mass is 10.0. The van der Waals surface area contributed by atoms with E-state index in [-0.39, 0.29) is 18.0 Å².